The minimum absolute atomic E-state index is 0.435. The number of nitrogens with one attached hydrogen (secondary N) is 1. The van der Waals surface area contributed by atoms with Crippen molar-refractivity contribution in [3.63, 3.8) is 0 Å². The summed E-state index contributed by atoms with van der Waals surface area (Å²) in [5, 5.41) is 32.3. The Morgan fingerprint density at radius 1 is 0.857 bits per heavy atom. The van der Waals surface area contributed by atoms with Gasteiger partial charge >= 0.3 is 5.69 Å². The van der Waals surface area contributed by atoms with Crippen LogP contribution in [0.3, 0.4) is 0 Å². The molecule has 1 aliphatic rings. The van der Waals surface area contributed by atoms with E-state index < -0.39 is 36.8 Å². The monoisotopic (exact) mass is 495 g/mol. The van der Waals surface area contributed by atoms with Crippen LogP contribution in [0.25, 0.3) is 0 Å². The molecule has 1 aromatic rings. The number of nitrogens with zero attached hydrogens (tertiary/aromatic N) is 2. The number of hydrogen-bond acceptors (Lipinski definition) is 7. The molecule has 1 saturated heterocycles. The molecule has 0 radical (unpaired) electrons. The van der Waals surface area contributed by atoms with Crippen molar-refractivity contribution in [1.29, 1.82) is 0 Å². The van der Waals surface area contributed by atoms with Crippen LogP contribution in [-0.4, -0.2) is 56.3 Å². The van der Waals surface area contributed by atoms with E-state index in [2.05, 4.69) is 17.2 Å². The molecule has 8 heteroatoms. The van der Waals surface area contributed by atoms with Gasteiger partial charge in [0.05, 0.1) is 6.61 Å². The van der Waals surface area contributed by atoms with Gasteiger partial charge in [-0.15, -0.1) is 0 Å². The molecule has 4 atom stereocenters. The average molecular weight is 496 g/mol. The van der Waals surface area contributed by atoms with E-state index in [9.17, 15) is 20.1 Å². The predicted octanol–water partition coefficient (Wildman–Crippen LogP) is 4.53. The molecular formula is C27H49N3O5. The van der Waals surface area contributed by atoms with Crippen LogP contribution in [0.5, 0.6) is 0 Å². The third kappa shape index (κ3) is 11.0. The van der Waals surface area contributed by atoms with Gasteiger partial charge in [-0.25, -0.2) is 4.79 Å². The summed E-state index contributed by atoms with van der Waals surface area (Å²) in [5.41, 5.74) is -0.572. The summed E-state index contributed by atoms with van der Waals surface area (Å²) in [6.45, 7) is 2.59. The fourth-order valence-electron chi connectivity index (χ4n) is 4.70. The third-order valence-electron chi connectivity index (χ3n) is 6.96. The number of aliphatic hydroxyl groups is 3. The van der Waals surface area contributed by atoms with E-state index in [1.165, 1.54) is 96.1 Å². The smallest absolute Gasteiger partial charge is 0.351 e. The van der Waals surface area contributed by atoms with Gasteiger partial charge in [0.2, 0.25) is 0 Å². The Kier molecular flexibility index (Phi) is 15.2. The summed E-state index contributed by atoms with van der Waals surface area (Å²) in [4.78, 5) is 16.3. The first-order chi connectivity index (χ1) is 17.1. The van der Waals surface area contributed by atoms with E-state index >= 15 is 0 Å². The summed E-state index contributed by atoms with van der Waals surface area (Å²) >= 11 is 0. The van der Waals surface area contributed by atoms with Crippen LogP contribution in [0.15, 0.2) is 17.1 Å². The molecule has 1 aromatic heterocycles. The molecule has 2 rings (SSSR count). The van der Waals surface area contributed by atoms with Gasteiger partial charge in [-0.2, -0.15) is 4.98 Å². The molecule has 0 amide bonds. The van der Waals surface area contributed by atoms with E-state index in [0.29, 0.717) is 5.82 Å². The zero-order valence-electron chi connectivity index (χ0n) is 21.7. The SMILES string of the molecule is CCCCCCCCCCCCCCCCCCNc1ccn([C@@H]2O[C@@H](CO)[C@@H](O)[C@H]2O)c(=O)n1. The fraction of sp³-hybridized carbons (Fsp3) is 0.852. The van der Waals surface area contributed by atoms with Crippen molar-refractivity contribution in [2.24, 2.45) is 0 Å². The molecule has 0 unspecified atom stereocenters. The lowest BCUT2D eigenvalue weighted by Crippen LogP contribution is -2.36. The second-order valence-corrected chi connectivity index (χ2v) is 9.96. The van der Waals surface area contributed by atoms with Crippen molar-refractivity contribution in [3.8, 4) is 0 Å². The van der Waals surface area contributed by atoms with Crippen LogP contribution in [-0.2, 0) is 4.74 Å². The van der Waals surface area contributed by atoms with Gasteiger partial charge in [-0.1, -0.05) is 103 Å². The Hall–Kier alpha value is -1.48. The van der Waals surface area contributed by atoms with Gasteiger partial charge in [0, 0.05) is 12.7 Å². The second kappa shape index (κ2) is 17.9. The lowest BCUT2D eigenvalue weighted by molar-refractivity contribution is -0.0549. The van der Waals surface area contributed by atoms with Gasteiger partial charge in [0.1, 0.15) is 24.1 Å². The first-order valence-corrected chi connectivity index (χ1v) is 14.0. The minimum atomic E-state index is -1.30. The lowest BCUT2D eigenvalue weighted by atomic mass is 10.0. The molecule has 0 saturated carbocycles. The average Bonchev–Trinajstić information content (AvgIpc) is 3.14. The van der Waals surface area contributed by atoms with Crippen LogP contribution in [0.1, 0.15) is 116 Å². The van der Waals surface area contributed by atoms with E-state index in [4.69, 9.17) is 4.74 Å². The van der Waals surface area contributed by atoms with E-state index in [1.54, 1.807) is 6.07 Å². The summed E-state index contributed by atoms with van der Waals surface area (Å²) in [5.74, 6) is 0.485. The predicted molar refractivity (Wildman–Crippen MR) is 140 cm³/mol. The third-order valence-corrected chi connectivity index (χ3v) is 6.96. The van der Waals surface area contributed by atoms with Crippen LogP contribution in [0.4, 0.5) is 5.82 Å². The molecule has 4 N–H and O–H groups in total. The normalized spacial score (nSPS) is 22.1. The number of unbranched alkanes of at least 4 members (excludes halogenated alkanes) is 15. The van der Waals surface area contributed by atoms with Crippen molar-refractivity contribution in [2.45, 2.75) is 134 Å². The highest BCUT2D eigenvalue weighted by atomic mass is 16.6. The molecule has 0 aromatic carbocycles. The Morgan fingerprint density at radius 2 is 1.37 bits per heavy atom. The summed E-state index contributed by atoms with van der Waals surface area (Å²) < 4.78 is 6.53. The highest BCUT2D eigenvalue weighted by Gasteiger charge is 2.43. The molecule has 0 aliphatic carbocycles. The number of anilines is 1. The topological polar surface area (TPSA) is 117 Å². The van der Waals surface area contributed by atoms with E-state index in [1.807, 2.05) is 0 Å². The standard InChI is InChI=1S/C27H49N3O5/c1-2-3-4-5-6-7-8-9-10-11-12-13-14-15-16-17-19-28-23-18-20-30(27(34)29-23)26-25(33)24(32)22(21-31)35-26/h18,20,22,24-26,31-33H,2-17,19,21H2,1H3,(H,28,29,34)/t22-,24+,25+,26+/m0/s1. The summed E-state index contributed by atoms with van der Waals surface area (Å²) in [7, 11) is 0. The maximum absolute atomic E-state index is 12.3. The first kappa shape index (κ1) is 29.7. The largest absolute Gasteiger partial charge is 0.394 e. The second-order valence-electron chi connectivity index (χ2n) is 9.96. The Balaban J connectivity index is 1.46. The van der Waals surface area contributed by atoms with Crippen LogP contribution in [0, 0.1) is 0 Å². The Labute approximate surface area is 211 Å². The quantitative estimate of drug-likeness (QED) is 0.196. The van der Waals surface area contributed by atoms with Crippen LogP contribution < -0.4 is 11.0 Å². The van der Waals surface area contributed by atoms with Gasteiger partial charge in [-0.05, 0) is 12.5 Å². The van der Waals surface area contributed by atoms with Gasteiger partial charge in [0.15, 0.2) is 6.23 Å². The summed E-state index contributed by atoms with van der Waals surface area (Å²) in [6, 6.07) is 1.66. The van der Waals surface area contributed by atoms with Gasteiger partial charge in [-0.3, -0.25) is 4.57 Å². The zero-order valence-corrected chi connectivity index (χ0v) is 21.7. The molecule has 0 bridgehead atoms. The Morgan fingerprint density at radius 3 is 1.83 bits per heavy atom. The molecule has 8 nitrogen and oxygen atoms in total. The number of aliphatic hydroxyl groups excluding tert-OH is 3. The molecule has 2 heterocycles. The maximum atomic E-state index is 12.3. The lowest BCUT2D eigenvalue weighted by Gasteiger charge is -2.17. The molecule has 202 valence electrons. The van der Waals surface area contributed by atoms with Crippen molar-refractivity contribution in [1.82, 2.24) is 9.55 Å². The summed E-state index contributed by atoms with van der Waals surface area (Å²) in [6.07, 6.45) is 18.3. The van der Waals surface area contributed by atoms with Crippen molar-refractivity contribution < 1.29 is 20.1 Å². The van der Waals surface area contributed by atoms with Crippen molar-refractivity contribution >= 4 is 5.82 Å². The zero-order chi connectivity index (χ0) is 25.3. The van der Waals surface area contributed by atoms with E-state index in [0.717, 1.165) is 24.0 Å². The first-order valence-electron chi connectivity index (χ1n) is 14.0. The van der Waals surface area contributed by atoms with Crippen molar-refractivity contribution in [3.05, 3.63) is 22.7 Å². The maximum Gasteiger partial charge on any atom is 0.351 e. The van der Waals surface area contributed by atoms with E-state index in [-0.39, 0.29) is 0 Å². The molecule has 0 spiro atoms. The number of hydrogen-bond donors (Lipinski definition) is 4. The molecule has 35 heavy (non-hydrogen) atoms. The molecule has 1 fully saturated rings. The highest BCUT2D eigenvalue weighted by molar-refractivity contribution is 5.31. The number of rotatable bonds is 20. The van der Waals surface area contributed by atoms with Gasteiger partial charge in [0.25, 0.3) is 0 Å². The Bertz CT molecular complexity index is 729. The fourth-order valence-corrected chi connectivity index (χ4v) is 4.70. The molecular weight excluding hydrogens is 446 g/mol. The van der Waals surface area contributed by atoms with Crippen molar-refractivity contribution in [2.75, 3.05) is 18.5 Å². The van der Waals surface area contributed by atoms with Crippen LogP contribution in [0.2, 0.25) is 0 Å². The van der Waals surface area contributed by atoms with Crippen LogP contribution >= 0.6 is 0 Å². The number of aromatic nitrogens is 2. The van der Waals surface area contributed by atoms with Gasteiger partial charge < -0.3 is 25.4 Å². The highest BCUT2D eigenvalue weighted by Crippen LogP contribution is 2.28. The minimum Gasteiger partial charge on any atom is -0.394 e. The number of ether oxygens (including phenoxy) is 1. The molecule has 1 aliphatic heterocycles.